The Kier molecular flexibility index (Phi) is 9.78. The highest BCUT2D eigenvalue weighted by Crippen LogP contribution is 2.59. The van der Waals surface area contributed by atoms with Crippen molar-refractivity contribution < 1.29 is 48.4 Å². The summed E-state index contributed by atoms with van der Waals surface area (Å²) in [5.41, 5.74) is -0.247. The zero-order valence-corrected chi connectivity index (χ0v) is 16.4. The Morgan fingerprint density at radius 3 is 2.25 bits per heavy atom. The molecule has 0 spiro atoms. The number of aliphatic hydroxyl groups is 2. The van der Waals surface area contributed by atoms with Crippen molar-refractivity contribution in [2.75, 3.05) is 19.8 Å². The fourth-order valence-corrected chi connectivity index (χ4v) is 3.62. The van der Waals surface area contributed by atoms with E-state index in [-0.39, 0.29) is 18.6 Å². The highest BCUT2D eigenvalue weighted by atomic mass is 31.2. The van der Waals surface area contributed by atoms with Gasteiger partial charge in [0.25, 0.3) is 0 Å². The number of carbonyl (C=O) groups excluding carboxylic acids is 1. The van der Waals surface area contributed by atoms with Crippen LogP contribution in [0.1, 0.15) is 19.8 Å². The summed E-state index contributed by atoms with van der Waals surface area (Å²) in [6, 6.07) is 0. The smallest absolute Gasteiger partial charge is 0.380 e. The number of carbonyl (C=O) groups is 2. The average molecular weight is 386 g/mol. The van der Waals surface area contributed by atoms with Crippen LogP contribution in [0.2, 0.25) is 0 Å². The number of Topliss-reactive ketones (excluding diaryl/α,β-unsaturated/α-hetero) is 1. The van der Waals surface area contributed by atoms with Gasteiger partial charge in [0.1, 0.15) is 16.6 Å². The van der Waals surface area contributed by atoms with Crippen LogP contribution in [0.4, 0.5) is 0 Å². The standard InChI is InChI=1S/C12H23O10PSi/c1-8(2)10(15)12(11(16)17,4-3-5-20-24)23(18,19)22-21-9(6-13)7-14/h9,13-14H,1,3-7H2,2,24H3,(H,16,17)(H,18,19). The largest absolute Gasteiger partial charge is 0.480 e. The quantitative estimate of drug-likeness (QED) is 0.0559. The van der Waals surface area contributed by atoms with Crippen LogP contribution in [-0.2, 0) is 28.1 Å². The van der Waals surface area contributed by atoms with E-state index in [4.69, 9.17) is 14.6 Å². The van der Waals surface area contributed by atoms with E-state index < -0.39 is 50.2 Å². The molecular weight excluding hydrogens is 363 g/mol. The molecule has 0 heterocycles. The molecule has 24 heavy (non-hydrogen) atoms. The lowest BCUT2D eigenvalue weighted by atomic mass is 9.93. The van der Waals surface area contributed by atoms with Gasteiger partial charge in [0, 0.05) is 6.61 Å². The Morgan fingerprint density at radius 2 is 1.88 bits per heavy atom. The summed E-state index contributed by atoms with van der Waals surface area (Å²) in [7, 11) is -4.84. The molecule has 0 bridgehead atoms. The van der Waals surface area contributed by atoms with E-state index in [1.54, 1.807) is 0 Å². The SMILES string of the molecule is C=C(C)C(=O)C(CCCO[SiH3])(C(=O)O)P(=O)(O)OOC(CO)CO. The molecular formula is C12H23O10PSi. The van der Waals surface area contributed by atoms with Crippen LogP contribution < -0.4 is 0 Å². The average Bonchev–Trinajstić information content (AvgIpc) is 2.51. The molecule has 0 aliphatic heterocycles. The predicted molar refractivity (Wildman–Crippen MR) is 85.3 cm³/mol. The Hall–Kier alpha value is -0.913. The van der Waals surface area contributed by atoms with Gasteiger partial charge in [-0.2, -0.15) is 0 Å². The molecule has 10 nitrogen and oxygen atoms in total. The molecule has 0 fully saturated rings. The van der Waals surface area contributed by atoms with Crippen LogP contribution in [0.5, 0.6) is 0 Å². The summed E-state index contributed by atoms with van der Waals surface area (Å²) in [6.45, 7) is 3.13. The Balaban J connectivity index is 5.77. The predicted octanol–water partition coefficient (Wildman–Crippen LogP) is -1.48. The van der Waals surface area contributed by atoms with Gasteiger partial charge in [0.15, 0.2) is 5.78 Å². The van der Waals surface area contributed by atoms with Gasteiger partial charge < -0.3 is 24.6 Å². The first-order chi connectivity index (χ1) is 11.1. The number of carboxylic acid groups (broad SMARTS) is 1. The van der Waals surface area contributed by atoms with Crippen LogP contribution >= 0.6 is 7.60 Å². The third kappa shape index (κ3) is 5.29. The van der Waals surface area contributed by atoms with E-state index in [9.17, 15) is 24.2 Å². The maximum Gasteiger partial charge on any atom is 0.380 e. The van der Waals surface area contributed by atoms with Crippen molar-refractivity contribution in [3.05, 3.63) is 12.2 Å². The van der Waals surface area contributed by atoms with Crippen LogP contribution in [0.25, 0.3) is 0 Å². The van der Waals surface area contributed by atoms with E-state index in [1.165, 1.54) is 6.92 Å². The minimum Gasteiger partial charge on any atom is -0.480 e. The van der Waals surface area contributed by atoms with Gasteiger partial charge in [-0.05, 0) is 25.3 Å². The fraction of sp³-hybridized carbons (Fsp3) is 0.667. The Labute approximate surface area is 142 Å². The second kappa shape index (κ2) is 10.2. The van der Waals surface area contributed by atoms with E-state index in [2.05, 4.69) is 16.1 Å². The van der Waals surface area contributed by atoms with Crippen molar-refractivity contribution in [2.45, 2.75) is 31.0 Å². The molecule has 0 aliphatic carbocycles. The lowest BCUT2D eigenvalue weighted by Crippen LogP contribution is -2.47. The molecule has 0 radical (unpaired) electrons. The van der Waals surface area contributed by atoms with Crippen molar-refractivity contribution in [3.8, 4) is 0 Å². The zero-order valence-electron chi connectivity index (χ0n) is 13.5. The van der Waals surface area contributed by atoms with Crippen LogP contribution in [0, 0.1) is 0 Å². The molecule has 0 aliphatic rings. The lowest BCUT2D eigenvalue weighted by Gasteiger charge is -2.31. The second-order valence-corrected chi connectivity index (χ2v) is 7.58. The molecule has 0 aromatic carbocycles. The molecule has 0 saturated carbocycles. The van der Waals surface area contributed by atoms with E-state index in [0.717, 1.165) is 0 Å². The van der Waals surface area contributed by atoms with Crippen molar-refractivity contribution in [1.29, 1.82) is 0 Å². The number of allylic oxidation sites excluding steroid dienone is 1. The van der Waals surface area contributed by atoms with Crippen LogP contribution in [-0.4, -0.2) is 73.5 Å². The summed E-state index contributed by atoms with van der Waals surface area (Å²) >= 11 is 0. The first-order valence-electron chi connectivity index (χ1n) is 6.93. The molecule has 0 aromatic heterocycles. The number of aliphatic hydroxyl groups excluding tert-OH is 2. The molecule has 12 heteroatoms. The van der Waals surface area contributed by atoms with Crippen molar-refractivity contribution in [3.63, 3.8) is 0 Å². The van der Waals surface area contributed by atoms with Crippen LogP contribution in [0.15, 0.2) is 12.2 Å². The minimum atomic E-state index is -5.22. The Morgan fingerprint density at radius 1 is 1.33 bits per heavy atom. The van der Waals surface area contributed by atoms with Crippen molar-refractivity contribution in [1.82, 2.24) is 0 Å². The number of carboxylic acids is 1. The molecule has 0 amide bonds. The number of aliphatic carboxylic acids is 1. The van der Waals surface area contributed by atoms with Gasteiger partial charge >= 0.3 is 13.6 Å². The van der Waals surface area contributed by atoms with E-state index >= 15 is 0 Å². The highest BCUT2D eigenvalue weighted by Gasteiger charge is 2.62. The summed E-state index contributed by atoms with van der Waals surface area (Å²) in [5, 5.41) is 24.4. The minimum absolute atomic E-state index is 0.00611. The first kappa shape index (κ1) is 23.1. The third-order valence-electron chi connectivity index (χ3n) is 3.17. The normalized spacial score (nSPS) is 16.5. The van der Waals surface area contributed by atoms with Gasteiger partial charge in [0.2, 0.25) is 5.16 Å². The third-order valence-corrected chi connectivity index (χ3v) is 5.45. The maximum atomic E-state index is 12.5. The molecule has 140 valence electrons. The van der Waals surface area contributed by atoms with Crippen molar-refractivity contribution >= 4 is 29.8 Å². The number of hydrogen-bond donors (Lipinski definition) is 4. The summed E-state index contributed by atoms with van der Waals surface area (Å²) in [5.74, 6) is -3.05. The topological polar surface area (TPSA) is 160 Å². The monoisotopic (exact) mass is 386 g/mol. The molecule has 0 rings (SSSR count). The summed E-state index contributed by atoms with van der Waals surface area (Å²) in [6.07, 6.45) is -1.91. The van der Waals surface area contributed by atoms with E-state index in [0.29, 0.717) is 10.5 Å². The second-order valence-electron chi connectivity index (χ2n) is 5.05. The van der Waals surface area contributed by atoms with E-state index in [1.807, 2.05) is 0 Å². The molecule has 2 unspecified atom stereocenters. The molecule has 0 aromatic rings. The number of rotatable bonds is 13. The van der Waals surface area contributed by atoms with Crippen LogP contribution in [0.3, 0.4) is 0 Å². The maximum absolute atomic E-state index is 12.5. The number of hydrogen-bond acceptors (Lipinski definition) is 8. The van der Waals surface area contributed by atoms with Gasteiger partial charge in [-0.15, -0.1) is 4.67 Å². The number of ketones is 1. The Bertz CT molecular complexity index is 506. The lowest BCUT2D eigenvalue weighted by molar-refractivity contribution is -0.266. The van der Waals surface area contributed by atoms with Gasteiger partial charge in [-0.3, -0.25) is 14.2 Å². The molecule has 0 saturated heterocycles. The van der Waals surface area contributed by atoms with Gasteiger partial charge in [-0.25, -0.2) is 4.89 Å². The van der Waals surface area contributed by atoms with Gasteiger partial charge in [-0.1, -0.05) is 6.58 Å². The van der Waals surface area contributed by atoms with Crippen molar-refractivity contribution in [2.24, 2.45) is 0 Å². The summed E-state index contributed by atoms with van der Waals surface area (Å²) in [4.78, 5) is 38.6. The first-order valence-corrected chi connectivity index (χ1v) is 9.32. The molecule has 2 atom stereocenters. The fourth-order valence-electron chi connectivity index (χ4n) is 1.83. The zero-order chi connectivity index (χ0) is 19.0. The molecule has 4 N–H and O–H groups in total. The summed E-state index contributed by atoms with van der Waals surface area (Å²) < 4.78 is 21.7. The van der Waals surface area contributed by atoms with Gasteiger partial charge in [0.05, 0.1) is 13.2 Å². The highest BCUT2D eigenvalue weighted by molar-refractivity contribution is 7.57.